The van der Waals surface area contributed by atoms with Gasteiger partial charge >= 0.3 is 5.97 Å². The minimum absolute atomic E-state index is 0.200. The summed E-state index contributed by atoms with van der Waals surface area (Å²) in [6, 6.07) is 20.7. The first-order chi connectivity index (χ1) is 12.9. The molecule has 27 heavy (non-hydrogen) atoms. The molecule has 0 aliphatic carbocycles. The molecule has 3 aromatic carbocycles. The van der Waals surface area contributed by atoms with Gasteiger partial charge in [0.2, 0.25) is 0 Å². The highest BCUT2D eigenvalue weighted by molar-refractivity contribution is 7.92. The van der Waals surface area contributed by atoms with Crippen LogP contribution in [0.2, 0.25) is 5.02 Å². The van der Waals surface area contributed by atoms with Gasteiger partial charge in [0.25, 0.3) is 10.0 Å². The molecule has 0 bridgehead atoms. The second-order valence-corrected chi connectivity index (χ2v) is 8.08. The van der Waals surface area contributed by atoms with Crippen LogP contribution in [0.15, 0.2) is 83.8 Å². The Morgan fingerprint density at radius 2 is 1.48 bits per heavy atom. The average molecular weight is 402 g/mol. The van der Waals surface area contributed by atoms with Crippen molar-refractivity contribution in [1.82, 2.24) is 0 Å². The molecular weight excluding hydrogens is 386 g/mol. The van der Waals surface area contributed by atoms with Crippen LogP contribution in [0.4, 0.5) is 5.69 Å². The number of ether oxygens (including phenoxy) is 1. The number of anilines is 1. The summed E-state index contributed by atoms with van der Waals surface area (Å²) in [4.78, 5) is 12.3. The highest BCUT2D eigenvalue weighted by Gasteiger charge is 2.21. The molecule has 0 heterocycles. The second kappa shape index (κ2) is 7.82. The lowest BCUT2D eigenvalue weighted by molar-refractivity contribution is 0.0735. The molecule has 5 nitrogen and oxygen atoms in total. The molecule has 0 saturated carbocycles. The van der Waals surface area contributed by atoms with Crippen molar-refractivity contribution < 1.29 is 17.9 Å². The molecule has 3 aromatic rings. The highest BCUT2D eigenvalue weighted by atomic mass is 35.5. The topological polar surface area (TPSA) is 63.7 Å². The third-order valence-corrected chi connectivity index (χ3v) is 5.94. The normalized spacial score (nSPS) is 11.0. The van der Waals surface area contributed by atoms with Gasteiger partial charge in [0.15, 0.2) is 0 Å². The van der Waals surface area contributed by atoms with E-state index < -0.39 is 16.0 Å². The number of hydrogen-bond acceptors (Lipinski definition) is 4. The first-order valence-electron chi connectivity index (χ1n) is 8.00. The van der Waals surface area contributed by atoms with E-state index in [2.05, 4.69) is 0 Å². The Bertz CT molecular complexity index is 1030. The maximum Gasteiger partial charge on any atom is 0.343 e. The molecular formula is C20H16ClNO4S. The van der Waals surface area contributed by atoms with Crippen LogP contribution >= 0.6 is 11.6 Å². The van der Waals surface area contributed by atoms with Crippen molar-refractivity contribution in [2.75, 3.05) is 11.4 Å². The zero-order valence-electron chi connectivity index (χ0n) is 14.4. The summed E-state index contributed by atoms with van der Waals surface area (Å²) in [6.45, 7) is 0. The molecule has 0 atom stereocenters. The summed E-state index contributed by atoms with van der Waals surface area (Å²) in [7, 11) is -2.19. The number of sulfonamides is 1. The van der Waals surface area contributed by atoms with Gasteiger partial charge in [-0.05, 0) is 60.7 Å². The lowest BCUT2D eigenvalue weighted by Gasteiger charge is -2.19. The largest absolute Gasteiger partial charge is 0.423 e. The number of hydrogen-bond donors (Lipinski definition) is 0. The average Bonchev–Trinajstić information content (AvgIpc) is 2.69. The quantitative estimate of drug-likeness (QED) is 0.470. The van der Waals surface area contributed by atoms with E-state index in [-0.39, 0.29) is 4.90 Å². The first-order valence-corrected chi connectivity index (χ1v) is 9.81. The summed E-state index contributed by atoms with van der Waals surface area (Å²) >= 11 is 5.80. The summed E-state index contributed by atoms with van der Waals surface area (Å²) in [5.74, 6) is -0.214. The van der Waals surface area contributed by atoms with E-state index in [1.54, 1.807) is 66.7 Å². The summed E-state index contributed by atoms with van der Waals surface area (Å²) < 4.78 is 31.7. The van der Waals surface area contributed by atoms with Gasteiger partial charge in [-0.25, -0.2) is 13.2 Å². The molecule has 0 fully saturated rings. The van der Waals surface area contributed by atoms with Crippen LogP contribution in [0.25, 0.3) is 0 Å². The molecule has 0 saturated heterocycles. The molecule has 3 rings (SSSR count). The Morgan fingerprint density at radius 1 is 0.889 bits per heavy atom. The van der Waals surface area contributed by atoms with Crippen LogP contribution in [0.5, 0.6) is 5.75 Å². The summed E-state index contributed by atoms with van der Waals surface area (Å²) in [5, 5.41) is 0.526. The fourth-order valence-corrected chi connectivity index (χ4v) is 3.71. The molecule has 0 amide bonds. The summed E-state index contributed by atoms with van der Waals surface area (Å²) in [5.41, 5.74) is 0.817. The van der Waals surface area contributed by atoms with Crippen molar-refractivity contribution >= 4 is 33.3 Å². The lowest BCUT2D eigenvalue weighted by Crippen LogP contribution is -2.26. The Hall–Kier alpha value is -2.83. The molecule has 0 aliphatic rings. The molecule has 7 heteroatoms. The van der Waals surface area contributed by atoms with Crippen LogP contribution in [-0.2, 0) is 10.0 Å². The van der Waals surface area contributed by atoms with Crippen LogP contribution in [0.1, 0.15) is 10.4 Å². The van der Waals surface area contributed by atoms with Crippen molar-refractivity contribution in [3.8, 4) is 5.75 Å². The van der Waals surface area contributed by atoms with Crippen LogP contribution in [0.3, 0.4) is 0 Å². The Labute approximate surface area is 162 Å². The number of rotatable bonds is 5. The zero-order chi connectivity index (χ0) is 19.4. The van der Waals surface area contributed by atoms with Gasteiger partial charge in [0.05, 0.1) is 16.1 Å². The van der Waals surface area contributed by atoms with Crippen LogP contribution < -0.4 is 9.04 Å². The van der Waals surface area contributed by atoms with Crippen molar-refractivity contribution in [3.05, 3.63) is 89.4 Å². The molecule has 0 spiro atoms. The van der Waals surface area contributed by atoms with E-state index in [0.717, 1.165) is 0 Å². The first kappa shape index (κ1) is 18.9. The van der Waals surface area contributed by atoms with E-state index in [1.165, 1.54) is 23.5 Å². The minimum atomic E-state index is -3.66. The molecule has 0 radical (unpaired) electrons. The van der Waals surface area contributed by atoms with Gasteiger partial charge in [0, 0.05) is 12.1 Å². The van der Waals surface area contributed by atoms with Crippen LogP contribution in [-0.4, -0.2) is 21.4 Å². The third-order valence-electron chi connectivity index (χ3n) is 3.89. The Balaban J connectivity index is 1.75. The molecule has 0 aromatic heterocycles. The number of benzene rings is 3. The lowest BCUT2D eigenvalue weighted by atomic mass is 10.2. The fourth-order valence-electron chi connectivity index (χ4n) is 2.37. The van der Waals surface area contributed by atoms with E-state index in [1.807, 2.05) is 0 Å². The third kappa shape index (κ3) is 4.30. The van der Waals surface area contributed by atoms with Gasteiger partial charge in [-0.2, -0.15) is 0 Å². The van der Waals surface area contributed by atoms with Gasteiger partial charge in [0.1, 0.15) is 5.75 Å². The number of nitrogens with zero attached hydrogens (tertiary/aromatic N) is 1. The SMILES string of the molecule is CN(c1ccc(OC(=O)c2ccc(Cl)cc2)cc1)S(=O)(=O)c1ccccc1. The minimum Gasteiger partial charge on any atom is -0.423 e. The predicted molar refractivity (Wildman–Crippen MR) is 105 cm³/mol. The monoisotopic (exact) mass is 401 g/mol. The standard InChI is InChI=1S/C20H16ClNO4S/c1-22(27(24,25)19-5-3-2-4-6-19)17-11-13-18(14-12-17)26-20(23)15-7-9-16(21)10-8-15/h2-14H,1H3. The van der Waals surface area contributed by atoms with Crippen molar-refractivity contribution in [2.45, 2.75) is 4.90 Å². The van der Waals surface area contributed by atoms with Gasteiger partial charge < -0.3 is 4.74 Å². The predicted octanol–water partition coefficient (Wildman–Crippen LogP) is 4.38. The number of carbonyl (C=O) groups excluding carboxylic acids is 1. The molecule has 138 valence electrons. The zero-order valence-corrected chi connectivity index (χ0v) is 15.9. The van der Waals surface area contributed by atoms with Crippen LogP contribution in [0, 0.1) is 0 Å². The highest BCUT2D eigenvalue weighted by Crippen LogP contribution is 2.24. The van der Waals surface area contributed by atoms with Crippen molar-refractivity contribution in [3.63, 3.8) is 0 Å². The van der Waals surface area contributed by atoms with Gasteiger partial charge in [-0.3, -0.25) is 4.31 Å². The van der Waals surface area contributed by atoms with E-state index in [4.69, 9.17) is 16.3 Å². The maximum absolute atomic E-state index is 12.6. The van der Waals surface area contributed by atoms with E-state index in [9.17, 15) is 13.2 Å². The van der Waals surface area contributed by atoms with Gasteiger partial charge in [-0.15, -0.1) is 0 Å². The number of carbonyl (C=O) groups is 1. The Morgan fingerprint density at radius 3 is 2.07 bits per heavy atom. The molecule has 0 unspecified atom stereocenters. The smallest absolute Gasteiger partial charge is 0.343 e. The van der Waals surface area contributed by atoms with E-state index in [0.29, 0.717) is 22.0 Å². The number of esters is 1. The fraction of sp³-hybridized carbons (Fsp3) is 0.0500. The van der Waals surface area contributed by atoms with E-state index >= 15 is 0 Å². The summed E-state index contributed by atoms with van der Waals surface area (Å²) in [6.07, 6.45) is 0. The van der Waals surface area contributed by atoms with Gasteiger partial charge in [-0.1, -0.05) is 29.8 Å². The molecule has 0 aliphatic heterocycles. The van der Waals surface area contributed by atoms with Crippen molar-refractivity contribution in [1.29, 1.82) is 0 Å². The van der Waals surface area contributed by atoms with Crippen molar-refractivity contribution in [2.24, 2.45) is 0 Å². The maximum atomic E-state index is 12.6. The Kier molecular flexibility index (Phi) is 5.48. The number of halogens is 1. The molecule has 0 N–H and O–H groups in total. The second-order valence-electron chi connectivity index (χ2n) is 5.68.